The van der Waals surface area contributed by atoms with Crippen molar-refractivity contribution in [2.75, 3.05) is 13.2 Å². The first kappa shape index (κ1) is 12.5. The lowest BCUT2D eigenvalue weighted by Crippen LogP contribution is -2.06. The minimum absolute atomic E-state index is 0.780. The van der Waals surface area contributed by atoms with Crippen LogP contribution >= 0.6 is 15.9 Å². The van der Waals surface area contributed by atoms with Gasteiger partial charge in [-0.3, -0.25) is 0 Å². The van der Waals surface area contributed by atoms with Crippen molar-refractivity contribution >= 4 is 15.9 Å². The monoisotopic (exact) mass is 262 g/mol. The Bertz CT molecular complexity index is 138. The minimum Gasteiger partial charge on any atom is -0.382 e. The van der Waals surface area contributed by atoms with E-state index in [-0.39, 0.29) is 0 Å². The smallest absolute Gasteiger partial charge is 0.0465 e. The normalized spacial score (nSPS) is 28.7. The quantitative estimate of drug-likeness (QED) is 0.411. The van der Waals surface area contributed by atoms with Gasteiger partial charge in [-0.25, -0.2) is 0 Å². The summed E-state index contributed by atoms with van der Waals surface area (Å²) < 4.78 is 5.37. The Morgan fingerprint density at radius 2 is 2.07 bits per heavy atom. The standard InChI is InChI=1S/C12H23BrO/c1-2-14-9-5-7-11-6-3-4-8-12(13)10-11/h11-12H,2-10H2,1H3. The molecule has 0 radical (unpaired) electrons. The van der Waals surface area contributed by atoms with E-state index < -0.39 is 0 Å². The van der Waals surface area contributed by atoms with Crippen LogP contribution in [0.25, 0.3) is 0 Å². The van der Waals surface area contributed by atoms with Gasteiger partial charge in [0.05, 0.1) is 0 Å². The SMILES string of the molecule is CCOCCCC1CCCCC(Br)C1. The van der Waals surface area contributed by atoms with Gasteiger partial charge >= 0.3 is 0 Å². The Hall–Kier alpha value is 0.440. The first-order valence-corrected chi connectivity index (χ1v) is 6.96. The summed E-state index contributed by atoms with van der Waals surface area (Å²) in [6, 6.07) is 0. The summed E-state index contributed by atoms with van der Waals surface area (Å²) in [5.74, 6) is 0.947. The molecule has 0 heterocycles. The molecule has 1 aliphatic rings. The third-order valence-electron chi connectivity index (χ3n) is 3.07. The fourth-order valence-corrected chi connectivity index (χ4v) is 3.13. The molecule has 0 aromatic rings. The highest BCUT2D eigenvalue weighted by Gasteiger charge is 2.17. The number of rotatable bonds is 5. The predicted molar refractivity (Wildman–Crippen MR) is 65.0 cm³/mol. The van der Waals surface area contributed by atoms with Gasteiger partial charge in [-0.15, -0.1) is 0 Å². The van der Waals surface area contributed by atoms with Crippen molar-refractivity contribution in [1.29, 1.82) is 0 Å². The summed E-state index contributed by atoms with van der Waals surface area (Å²) in [7, 11) is 0. The van der Waals surface area contributed by atoms with Crippen molar-refractivity contribution < 1.29 is 4.74 Å². The van der Waals surface area contributed by atoms with Gasteiger partial charge in [0.2, 0.25) is 0 Å². The van der Waals surface area contributed by atoms with E-state index >= 15 is 0 Å². The molecule has 0 aliphatic heterocycles. The molecule has 0 aromatic carbocycles. The largest absolute Gasteiger partial charge is 0.382 e. The molecule has 1 nitrogen and oxygen atoms in total. The van der Waals surface area contributed by atoms with E-state index in [0.717, 1.165) is 24.0 Å². The number of hydrogen-bond donors (Lipinski definition) is 0. The van der Waals surface area contributed by atoms with Crippen LogP contribution in [0.3, 0.4) is 0 Å². The molecule has 0 saturated heterocycles. The predicted octanol–water partition coefficient (Wildman–Crippen LogP) is 4.15. The Balaban J connectivity index is 2.09. The summed E-state index contributed by atoms with van der Waals surface area (Å²) in [6.07, 6.45) is 9.65. The van der Waals surface area contributed by atoms with Gasteiger partial charge in [0.25, 0.3) is 0 Å². The topological polar surface area (TPSA) is 9.23 Å². The summed E-state index contributed by atoms with van der Waals surface area (Å²) in [6.45, 7) is 3.89. The Morgan fingerprint density at radius 1 is 1.29 bits per heavy atom. The van der Waals surface area contributed by atoms with Crippen LogP contribution < -0.4 is 0 Å². The second kappa shape index (κ2) is 7.70. The third-order valence-corrected chi connectivity index (χ3v) is 3.91. The number of ether oxygens (including phenoxy) is 1. The fraction of sp³-hybridized carbons (Fsp3) is 1.00. The highest BCUT2D eigenvalue weighted by molar-refractivity contribution is 9.09. The molecular weight excluding hydrogens is 240 g/mol. The highest BCUT2D eigenvalue weighted by Crippen LogP contribution is 2.30. The van der Waals surface area contributed by atoms with Gasteiger partial charge in [-0.1, -0.05) is 35.2 Å². The molecule has 0 N–H and O–H groups in total. The molecule has 0 aromatic heterocycles. The van der Waals surface area contributed by atoms with Crippen LogP contribution in [0.15, 0.2) is 0 Å². The van der Waals surface area contributed by atoms with E-state index in [2.05, 4.69) is 22.9 Å². The van der Waals surface area contributed by atoms with Gasteiger partial charge in [0, 0.05) is 18.0 Å². The van der Waals surface area contributed by atoms with Crippen LogP contribution in [0.1, 0.15) is 51.9 Å². The maximum absolute atomic E-state index is 5.37. The van der Waals surface area contributed by atoms with E-state index in [9.17, 15) is 0 Å². The zero-order valence-corrected chi connectivity index (χ0v) is 10.9. The first-order valence-electron chi connectivity index (χ1n) is 6.04. The van der Waals surface area contributed by atoms with Gasteiger partial charge < -0.3 is 4.74 Å². The van der Waals surface area contributed by atoms with Crippen LogP contribution in [-0.4, -0.2) is 18.0 Å². The van der Waals surface area contributed by atoms with Gasteiger partial charge in [0.1, 0.15) is 0 Å². The van der Waals surface area contributed by atoms with Crippen molar-refractivity contribution in [2.24, 2.45) is 5.92 Å². The Morgan fingerprint density at radius 3 is 2.86 bits per heavy atom. The van der Waals surface area contributed by atoms with Gasteiger partial charge in [0.15, 0.2) is 0 Å². The van der Waals surface area contributed by atoms with Crippen molar-refractivity contribution in [2.45, 2.75) is 56.7 Å². The average molecular weight is 263 g/mol. The molecule has 2 atom stereocenters. The third kappa shape index (κ3) is 5.35. The summed E-state index contributed by atoms with van der Waals surface area (Å²) in [4.78, 5) is 0.780. The summed E-state index contributed by atoms with van der Waals surface area (Å²) in [5, 5.41) is 0. The highest BCUT2D eigenvalue weighted by atomic mass is 79.9. The zero-order valence-electron chi connectivity index (χ0n) is 9.30. The molecule has 1 fully saturated rings. The van der Waals surface area contributed by atoms with Crippen LogP contribution in [-0.2, 0) is 4.74 Å². The molecule has 2 heteroatoms. The average Bonchev–Trinajstić information content (AvgIpc) is 2.38. The van der Waals surface area contributed by atoms with E-state index in [1.54, 1.807) is 0 Å². The molecule has 1 saturated carbocycles. The van der Waals surface area contributed by atoms with Gasteiger partial charge in [-0.2, -0.15) is 0 Å². The first-order chi connectivity index (χ1) is 6.83. The maximum atomic E-state index is 5.37. The molecule has 84 valence electrons. The molecule has 1 rings (SSSR count). The van der Waals surface area contributed by atoms with Crippen LogP contribution in [0.2, 0.25) is 0 Å². The van der Waals surface area contributed by atoms with Crippen LogP contribution in [0, 0.1) is 5.92 Å². The van der Waals surface area contributed by atoms with Crippen LogP contribution in [0.5, 0.6) is 0 Å². The summed E-state index contributed by atoms with van der Waals surface area (Å²) >= 11 is 3.77. The van der Waals surface area contributed by atoms with Crippen molar-refractivity contribution in [3.05, 3.63) is 0 Å². The molecule has 0 amide bonds. The molecule has 0 bridgehead atoms. The Labute approximate surface area is 96.7 Å². The lowest BCUT2D eigenvalue weighted by molar-refractivity contribution is 0.138. The van der Waals surface area contributed by atoms with Gasteiger partial charge in [-0.05, 0) is 38.5 Å². The number of halogens is 1. The van der Waals surface area contributed by atoms with Crippen LogP contribution in [0.4, 0.5) is 0 Å². The number of hydrogen-bond acceptors (Lipinski definition) is 1. The minimum atomic E-state index is 0.780. The molecule has 0 spiro atoms. The molecule has 1 aliphatic carbocycles. The van der Waals surface area contributed by atoms with Crippen molar-refractivity contribution in [1.82, 2.24) is 0 Å². The van der Waals surface area contributed by atoms with E-state index in [4.69, 9.17) is 4.74 Å². The lowest BCUT2D eigenvalue weighted by Gasteiger charge is -2.15. The zero-order chi connectivity index (χ0) is 10.2. The molecule has 14 heavy (non-hydrogen) atoms. The second-order valence-electron chi connectivity index (χ2n) is 4.32. The second-order valence-corrected chi connectivity index (χ2v) is 5.62. The van der Waals surface area contributed by atoms with E-state index in [0.29, 0.717) is 0 Å². The van der Waals surface area contributed by atoms with Crippen molar-refractivity contribution in [3.63, 3.8) is 0 Å². The lowest BCUT2D eigenvalue weighted by atomic mass is 9.95. The number of alkyl halides is 1. The molecule has 2 unspecified atom stereocenters. The molecular formula is C12H23BrO. The van der Waals surface area contributed by atoms with E-state index in [1.807, 2.05) is 0 Å². The Kier molecular flexibility index (Phi) is 6.88. The maximum Gasteiger partial charge on any atom is 0.0465 e. The summed E-state index contributed by atoms with van der Waals surface area (Å²) in [5.41, 5.74) is 0. The fourth-order valence-electron chi connectivity index (χ4n) is 2.28. The van der Waals surface area contributed by atoms with E-state index in [1.165, 1.54) is 44.9 Å². The van der Waals surface area contributed by atoms with Crippen molar-refractivity contribution in [3.8, 4) is 0 Å².